The Balaban J connectivity index is 1.91. The van der Waals surface area contributed by atoms with Crippen LogP contribution in [0.15, 0.2) is 54.6 Å². The van der Waals surface area contributed by atoms with Gasteiger partial charge in [0.1, 0.15) is 18.4 Å². The van der Waals surface area contributed by atoms with E-state index >= 15 is 0 Å². The molecule has 0 aliphatic rings. The van der Waals surface area contributed by atoms with Crippen molar-refractivity contribution < 1.29 is 14.7 Å². The van der Waals surface area contributed by atoms with Crippen LogP contribution in [0.5, 0.6) is 5.75 Å². The van der Waals surface area contributed by atoms with Gasteiger partial charge in [-0.2, -0.15) is 5.48 Å². The van der Waals surface area contributed by atoms with Gasteiger partial charge in [0.05, 0.1) is 0 Å². The summed E-state index contributed by atoms with van der Waals surface area (Å²) in [6, 6.07) is 16.4. The second-order valence-electron chi connectivity index (χ2n) is 4.71. The van der Waals surface area contributed by atoms with Crippen LogP contribution in [0, 0.1) is 0 Å². The van der Waals surface area contributed by atoms with E-state index in [1.165, 1.54) is 0 Å². The summed E-state index contributed by atoms with van der Waals surface area (Å²) in [5.74, 6) is 0.150. The molecule has 21 heavy (non-hydrogen) atoms. The lowest BCUT2D eigenvalue weighted by Crippen LogP contribution is -2.41. The molecule has 2 aromatic rings. The van der Waals surface area contributed by atoms with Gasteiger partial charge in [-0.15, -0.1) is 0 Å². The van der Waals surface area contributed by atoms with Gasteiger partial charge in [-0.05, 0) is 29.7 Å². The first kappa shape index (κ1) is 15.0. The number of benzene rings is 2. The Hall–Kier alpha value is -2.37. The third kappa shape index (κ3) is 4.59. The zero-order valence-electron chi connectivity index (χ0n) is 11.5. The molecule has 0 aliphatic carbocycles. The Labute approximate surface area is 123 Å². The quantitative estimate of drug-likeness (QED) is 0.676. The van der Waals surface area contributed by atoms with E-state index in [4.69, 9.17) is 15.7 Å². The molecule has 0 saturated carbocycles. The lowest BCUT2D eigenvalue weighted by molar-refractivity contribution is -0.122. The summed E-state index contributed by atoms with van der Waals surface area (Å²) in [6.07, 6.45) is 0.324. The van der Waals surface area contributed by atoms with Crippen LogP contribution in [0.4, 0.5) is 0 Å². The maximum absolute atomic E-state index is 11.0. The van der Waals surface area contributed by atoms with Crippen molar-refractivity contribution in [3.05, 3.63) is 65.7 Å². The van der Waals surface area contributed by atoms with E-state index in [0.29, 0.717) is 13.0 Å². The molecular weight excluding hydrogens is 268 g/mol. The maximum atomic E-state index is 11.0. The maximum Gasteiger partial charge on any atom is 0.237 e. The average molecular weight is 286 g/mol. The van der Waals surface area contributed by atoms with Gasteiger partial charge in [0.15, 0.2) is 0 Å². The van der Waals surface area contributed by atoms with E-state index in [1.807, 2.05) is 60.1 Å². The van der Waals surface area contributed by atoms with Gasteiger partial charge in [0.25, 0.3) is 0 Å². The van der Waals surface area contributed by atoms with Crippen molar-refractivity contribution in [2.45, 2.75) is 19.1 Å². The van der Waals surface area contributed by atoms with E-state index < -0.39 is 11.9 Å². The van der Waals surface area contributed by atoms with E-state index in [2.05, 4.69) is 0 Å². The van der Waals surface area contributed by atoms with Crippen molar-refractivity contribution in [2.75, 3.05) is 0 Å². The molecule has 1 amide bonds. The molecule has 110 valence electrons. The molecule has 1 atom stereocenters. The number of nitrogens with two attached hydrogens (primary N) is 1. The van der Waals surface area contributed by atoms with Gasteiger partial charge in [-0.3, -0.25) is 4.79 Å². The molecule has 0 aliphatic heterocycles. The molecule has 0 aromatic heterocycles. The highest BCUT2D eigenvalue weighted by Gasteiger charge is 2.14. The van der Waals surface area contributed by atoms with Gasteiger partial charge >= 0.3 is 0 Å². The summed E-state index contributed by atoms with van der Waals surface area (Å²) in [5.41, 5.74) is 9.04. The third-order valence-corrected chi connectivity index (χ3v) is 3.11. The predicted octanol–water partition coefficient (Wildman–Crippen LogP) is 1.64. The van der Waals surface area contributed by atoms with Crippen LogP contribution in [0.25, 0.3) is 0 Å². The van der Waals surface area contributed by atoms with Gasteiger partial charge in [0, 0.05) is 0 Å². The summed E-state index contributed by atoms with van der Waals surface area (Å²) in [6.45, 7) is 0.502. The normalized spacial score (nSPS) is 11.9. The van der Waals surface area contributed by atoms with E-state index in [9.17, 15) is 4.79 Å². The summed E-state index contributed by atoms with van der Waals surface area (Å²) < 4.78 is 5.67. The molecule has 2 aromatic carbocycles. The smallest absolute Gasteiger partial charge is 0.237 e. The number of hydrogen-bond donors (Lipinski definition) is 3. The lowest BCUT2D eigenvalue weighted by atomic mass is 10.1. The molecule has 5 nitrogen and oxygen atoms in total. The summed E-state index contributed by atoms with van der Waals surface area (Å²) in [7, 11) is 0. The Bertz CT molecular complexity index is 570. The van der Waals surface area contributed by atoms with Crippen LogP contribution in [-0.4, -0.2) is 17.2 Å². The number of carbonyl (C=O) groups is 1. The van der Waals surface area contributed by atoms with Gasteiger partial charge in [0.2, 0.25) is 5.91 Å². The fourth-order valence-corrected chi connectivity index (χ4v) is 1.91. The van der Waals surface area contributed by atoms with Crippen molar-refractivity contribution in [2.24, 2.45) is 5.73 Å². The molecule has 2 rings (SSSR count). The largest absolute Gasteiger partial charge is 0.489 e. The van der Waals surface area contributed by atoms with E-state index in [1.54, 1.807) is 0 Å². The predicted molar refractivity (Wildman–Crippen MR) is 78.8 cm³/mol. The molecule has 0 spiro atoms. The topological polar surface area (TPSA) is 84.6 Å². The number of carbonyl (C=O) groups excluding carboxylic acids is 1. The Morgan fingerprint density at radius 2 is 1.76 bits per heavy atom. The fraction of sp³-hybridized carbons (Fsp3) is 0.188. The lowest BCUT2D eigenvalue weighted by Gasteiger charge is -2.11. The molecule has 0 radical (unpaired) electrons. The number of ether oxygens (including phenoxy) is 1. The Morgan fingerprint density at radius 1 is 1.10 bits per heavy atom. The minimum absolute atomic E-state index is 0.324. The molecule has 0 unspecified atom stereocenters. The van der Waals surface area contributed by atoms with Gasteiger partial charge in [-0.25, -0.2) is 0 Å². The first-order valence-electron chi connectivity index (χ1n) is 6.63. The molecule has 0 bridgehead atoms. The molecule has 0 heterocycles. The van der Waals surface area contributed by atoms with Crippen LogP contribution in [0.3, 0.4) is 0 Å². The standard InChI is InChI=1S/C16H18N2O3/c17-16(19)15(18-20)10-12-6-8-14(9-7-12)21-11-13-4-2-1-3-5-13/h1-9,15,18,20H,10-11H2,(H2,17,19)/t15-/m0/s1. The molecule has 4 N–H and O–H groups in total. The van der Waals surface area contributed by atoms with Crippen molar-refractivity contribution >= 4 is 5.91 Å². The highest BCUT2D eigenvalue weighted by molar-refractivity contribution is 5.80. The van der Waals surface area contributed by atoms with Crippen LogP contribution in [0.2, 0.25) is 0 Å². The van der Waals surface area contributed by atoms with Crippen LogP contribution in [-0.2, 0) is 17.8 Å². The summed E-state index contributed by atoms with van der Waals surface area (Å²) in [5, 5.41) is 8.85. The first-order chi connectivity index (χ1) is 10.2. The highest BCUT2D eigenvalue weighted by Crippen LogP contribution is 2.15. The average Bonchev–Trinajstić information content (AvgIpc) is 2.52. The van der Waals surface area contributed by atoms with Crippen molar-refractivity contribution in [3.63, 3.8) is 0 Å². The zero-order chi connectivity index (χ0) is 15.1. The Morgan fingerprint density at radius 3 is 2.33 bits per heavy atom. The summed E-state index contributed by atoms with van der Waals surface area (Å²) >= 11 is 0. The minimum atomic E-state index is -0.791. The second kappa shape index (κ2) is 7.42. The monoisotopic (exact) mass is 286 g/mol. The number of hydrogen-bond acceptors (Lipinski definition) is 4. The van der Waals surface area contributed by atoms with Crippen molar-refractivity contribution in [1.29, 1.82) is 0 Å². The highest BCUT2D eigenvalue weighted by atomic mass is 16.5. The van der Waals surface area contributed by atoms with Crippen molar-refractivity contribution in [1.82, 2.24) is 5.48 Å². The number of hydroxylamine groups is 1. The number of amides is 1. The summed E-state index contributed by atoms with van der Waals surface area (Å²) in [4.78, 5) is 11.0. The fourth-order valence-electron chi connectivity index (χ4n) is 1.91. The molecule has 0 saturated heterocycles. The van der Waals surface area contributed by atoms with Crippen LogP contribution >= 0.6 is 0 Å². The van der Waals surface area contributed by atoms with Crippen molar-refractivity contribution in [3.8, 4) is 5.75 Å². The second-order valence-corrected chi connectivity index (χ2v) is 4.71. The number of primary amides is 1. The number of nitrogens with one attached hydrogen (secondary N) is 1. The zero-order valence-corrected chi connectivity index (χ0v) is 11.5. The van der Waals surface area contributed by atoms with Crippen LogP contribution in [0.1, 0.15) is 11.1 Å². The first-order valence-corrected chi connectivity index (χ1v) is 6.63. The van der Waals surface area contributed by atoms with Gasteiger partial charge in [-0.1, -0.05) is 42.5 Å². The SMILES string of the molecule is NC(=O)[C@H](Cc1ccc(OCc2ccccc2)cc1)NO. The van der Waals surface area contributed by atoms with E-state index in [-0.39, 0.29) is 0 Å². The molecular formula is C16H18N2O3. The van der Waals surface area contributed by atoms with Gasteiger partial charge < -0.3 is 15.7 Å². The Kier molecular flexibility index (Phi) is 5.31. The van der Waals surface area contributed by atoms with Crippen LogP contribution < -0.4 is 16.0 Å². The molecule has 5 heteroatoms. The molecule has 0 fully saturated rings. The van der Waals surface area contributed by atoms with E-state index in [0.717, 1.165) is 16.9 Å². The minimum Gasteiger partial charge on any atom is -0.489 e. The third-order valence-electron chi connectivity index (χ3n) is 3.11. The number of rotatable bonds is 7.